The molecule has 1 aliphatic heterocycles. The van der Waals surface area contributed by atoms with Gasteiger partial charge in [-0.2, -0.15) is 0 Å². The molecule has 1 unspecified atom stereocenters. The Bertz CT molecular complexity index is 807. The second-order valence-corrected chi connectivity index (χ2v) is 6.51. The van der Waals surface area contributed by atoms with Crippen molar-refractivity contribution < 1.29 is 14.3 Å². The minimum Gasteiger partial charge on any atom is -0.495 e. The summed E-state index contributed by atoms with van der Waals surface area (Å²) in [5.74, 6) is 1.27. The SMILES string of the molecule is CCC1CN(CC(=O)Nc2cc(C)ccc2OC)c2ccc(N)cc2O1. The third-order valence-corrected chi connectivity index (χ3v) is 4.46. The van der Waals surface area contributed by atoms with E-state index >= 15 is 0 Å². The summed E-state index contributed by atoms with van der Waals surface area (Å²) in [4.78, 5) is 14.7. The number of nitrogens with zero attached hydrogens (tertiary/aromatic N) is 1. The number of hydrogen-bond donors (Lipinski definition) is 2. The number of nitrogens with one attached hydrogen (secondary N) is 1. The van der Waals surface area contributed by atoms with Crippen LogP contribution in [0.1, 0.15) is 18.9 Å². The first-order valence-corrected chi connectivity index (χ1v) is 8.75. The monoisotopic (exact) mass is 355 g/mol. The third kappa shape index (κ3) is 3.85. The van der Waals surface area contributed by atoms with Gasteiger partial charge in [-0.15, -0.1) is 0 Å². The summed E-state index contributed by atoms with van der Waals surface area (Å²) in [6.07, 6.45) is 0.892. The van der Waals surface area contributed by atoms with E-state index in [4.69, 9.17) is 15.2 Å². The van der Waals surface area contributed by atoms with E-state index in [1.54, 1.807) is 7.11 Å². The van der Waals surface area contributed by atoms with Crippen LogP contribution in [0, 0.1) is 6.92 Å². The fourth-order valence-corrected chi connectivity index (χ4v) is 3.09. The number of amides is 1. The van der Waals surface area contributed by atoms with Gasteiger partial charge in [0.1, 0.15) is 17.6 Å². The van der Waals surface area contributed by atoms with Crippen molar-refractivity contribution in [3.8, 4) is 11.5 Å². The number of hydrogen-bond acceptors (Lipinski definition) is 5. The molecular weight excluding hydrogens is 330 g/mol. The highest BCUT2D eigenvalue weighted by molar-refractivity contribution is 5.95. The highest BCUT2D eigenvalue weighted by Crippen LogP contribution is 2.35. The number of nitrogens with two attached hydrogens (primary N) is 1. The summed E-state index contributed by atoms with van der Waals surface area (Å²) in [5, 5.41) is 2.95. The second-order valence-electron chi connectivity index (χ2n) is 6.51. The molecule has 0 aliphatic carbocycles. The molecule has 2 aromatic carbocycles. The van der Waals surface area contributed by atoms with Crippen LogP contribution in [0.2, 0.25) is 0 Å². The average Bonchev–Trinajstić information content (AvgIpc) is 2.61. The Morgan fingerprint density at radius 3 is 2.88 bits per heavy atom. The van der Waals surface area contributed by atoms with E-state index in [1.165, 1.54) is 0 Å². The standard InChI is InChI=1S/C20H25N3O3/c1-4-15-11-23(17-7-6-14(21)10-19(17)26-15)12-20(24)22-16-9-13(2)5-8-18(16)25-3/h5-10,15H,4,11-12,21H2,1-3H3,(H,22,24). The van der Waals surface area contributed by atoms with Crippen LogP contribution in [0.4, 0.5) is 17.1 Å². The van der Waals surface area contributed by atoms with Gasteiger partial charge in [-0.3, -0.25) is 4.79 Å². The molecule has 0 fully saturated rings. The largest absolute Gasteiger partial charge is 0.495 e. The molecule has 3 rings (SSSR count). The molecule has 1 amide bonds. The van der Waals surface area contributed by atoms with Crippen molar-refractivity contribution in [1.82, 2.24) is 0 Å². The van der Waals surface area contributed by atoms with Gasteiger partial charge in [0.2, 0.25) is 5.91 Å². The zero-order valence-corrected chi connectivity index (χ0v) is 15.4. The molecule has 3 N–H and O–H groups in total. The summed E-state index contributed by atoms with van der Waals surface area (Å²) < 4.78 is 11.3. The van der Waals surface area contributed by atoms with Crippen molar-refractivity contribution in [2.45, 2.75) is 26.4 Å². The van der Waals surface area contributed by atoms with Crippen LogP contribution < -0.4 is 25.4 Å². The van der Waals surface area contributed by atoms with Crippen LogP contribution in [-0.2, 0) is 4.79 Å². The molecule has 0 bridgehead atoms. The number of ether oxygens (including phenoxy) is 2. The summed E-state index contributed by atoms with van der Waals surface area (Å²) >= 11 is 0. The number of methoxy groups -OCH3 is 1. The van der Waals surface area contributed by atoms with E-state index in [0.717, 1.165) is 23.4 Å². The van der Waals surface area contributed by atoms with Crippen molar-refractivity contribution in [3.63, 3.8) is 0 Å². The molecule has 6 nitrogen and oxygen atoms in total. The molecule has 0 spiro atoms. The molecule has 0 aromatic heterocycles. The van der Waals surface area contributed by atoms with Crippen LogP contribution in [0.3, 0.4) is 0 Å². The van der Waals surface area contributed by atoms with Gasteiger partial charge in [0, 0.05) is 11.8 Å². The lowest BCUT2D eigenvalue weighted by Gasteiger charge is -2.35. The minimum absolute atomic E-state index is 0.0330. The summed E-state index contributed by atoms with van der Waals surface area (Å²) in [6, 6.07) is 11.2. The molecule has 1 atom stereocenters. The van der Waals surface area contributed by atoms with Crippen LogP contribution in [0.25, 0.3) is 0 Å². The summed E-state index contributed by atoms with van der Waals surface area (Å²) in [6.45, 7) is 4.93. The molecule has 0 saturated carbocycles. The van der Waals surface area contributed by atoms with Gasteiger partial charge < -0.3 is 25.4 Å². The van der Waals surface area contributed by atoms with E-state index in [9.17, 15) is 4.79 Å². The Morgan fingerprint density at radius 1 is 1.35 bits per heavy atom. The molecule has 138 valence electrons. The minimum atomic E-state index is -0.103. The molecule has 26 heavy (non-hydrogen) atoms. The lowest BCUT2D eigenvalue weighted by Crippen LogP contribution is -2.43. The second kappa shape index (κ2) is 7.56. The maximum Gasteiger partial charge on any atom is 0.243 e. The Balaban J connectivity index is 1.78. The number of benzene rings is 2. The van der Waals surface area contributed by atoms with Crippen LogP contribution in [0.5, 0.6) is 11.5 Å². The van der Waals surface area contributed by atoms with E-state index in [-0.39, 0.29) is 18.6 Å². The Labute approximate surface area is 153 Å². The number of anilines is 3. The average molecular weight is 355 g/mol. The highest BCUT2D eigenvalue weighted by Gasteiger charge is 2.26. The normalized spacial score (nSPS) is 15.8. The summed E-state index contributed by atoms with van der Waals surface area (Å²) in [7, 11) is 1.59. The number of fused-ring (bicyclic) bond motifs is 1. The number of nitrogen functional groups attached to an aromatic ring is 1. The van der Waals surface area contributed by atoms with Gasteiger partial charge in [0.15, 0.2) is 0 Å². The van der Waals surface area contributed by atoms with E-state index in [1.807, 2.05) is 48.2 Å². The predicted molar refractivity (Wildman–Crippen MR) is 104 cm³/mol. The molecule has 6 heteroatoms. The van der Waals surface area contributed by atoms with Crippen LogP contribution >= 0.6 is 0 Å². The fraction of sp³-hybridized carbons (Fsp3) is 0.350. The first-order valence-electron chi connectivity index (χ1n) is 8.75. The van der Waals surface area contributed by atoms with Gasteiger partial charge in [-0.1, -0.05) is 13.0 Å². The number of carbonyl (C=O) groups is 1. The maximum absolute atomic E-state index is 12.7. The van der Waals surface area contributed by atoms with Crippen molar-refractivity contribution in [2.75, 3.05) is 36.1 Å². The molecule has 0 saturated heterocycles. The van der Waals surface area contributed by atoms with Crippen molar-refractivity contribution in [2.24, 2.45) is 0 Å². The Hall–Kier alpha value is -2.89. The first-order chi connectivity index (χ1) is 12.5. The van der Waals surface area contributed by atoms with Crippen molar-refractivity contribution >= 4 is 23.0 Å². The zero-order valence-electron chi connectivity index (χ0n) is 15.4. The number of rotatable bonds is 5. The number of aryl methyl sites for hydroxylation is 1. The number of carbonyl (C=O) groups excluding carboxylic acids is 1. The first kappa shape index (κ1) is 17.9. The molecule has 0 radical (unpaired) electrons. The van der Waals surface area contributed by atoms with Crippen LogP contribution in [0.15, 0.2) is 36.4 Å². The van der Waals surface area contributed by atoms with E-state index in [2.05, 4.69) is 12.2 Å². The topological polar surface area (TPSA) is 76.8 Å². The van der Waals surface area contributed by atoms with Crippen LogP contribution in [-0.4, -0.2) is 32.2 Å². The Morgan fingerprint density at radius 2 is 2.15 bits per heavy atom. The smallest absolute Gasteiger partial charge is 0.243 e. The fourth-order valence-electron chi connectivity index (χ4n) is 3.09. The zero-order chi connectivity index (χ0) is 18.7. The third-order valence-electron chi connectivity index (χ3n) is 4.46. The van der Waals surface area contributed by atoms with Gasteiger partial charge in [-0.05, 0) is 43.2 Å². The van der Waals surface area contributed by atoms with E-state index in [0.29, 0.717) is 23.7 Å². The van der Waals surface area contributed by atoms with Gasteiger partial charge in [-0.25, -0.2) is 0 Å². The molecule has 2 aromatic rings. The van der Waals surface area contributed by atoms with Crippen molar-refractivity contribution in [3.05, 3.63) is 42.0 Å². The quantitative estimate of drug-likeness (QED) is 0.806. The maximum atomic E-state index is 12.7. The molecule has 1 aliphatic rings. The van der Waals surface area contributed by atoms with Gasteiger partial charge >= 0.3 is 0 Å². The van der Waals surface area contributed by atoms with Crippen molar-refractivity contribution in [1.29, 1.82) is 0 Å². The van der Waals surface area contributed by atoms with E-state index < -0.39 is 0 Å². The predicted octanol–water partition coefficient (Wildman–Crippen LogP) is 3.20. The highest BCUT2D eigenvalue weighted by atomic mass is 16.5. The Kier molecular flexibility index (Phi) is 5.21. The molecule has 1 heterocycles. The lowest BCUT2D eigenvalue weighted by atomic mass is 10.1. The summed E-state index contributed by atoms with van der Waals surface area (Å²) in [5.41, 5.74) is 9.14. The lowest BCUT2D eigenvalue weighted by molar-refractivity contribution is -0.115. The van der Waals surface area contributed by atoms with Gasteiger partial charge in [0.25, 0.3) is 0 Å². The van der Waals surface area contributed by atoms with Gasteiger partial charge in [0.05, 0.1) is 31.6 Å². The molecular formula is C20H25N3O3.